The molecular weight excluding hydrogens is 671 g/mol. The van der Waals surface area contributed by atoms with E-state index in [-0.39, 0.29) is 11.4 Å². The number of carbonyl (C=O) groups is 3. The molecule has 1 saturated heterocycles. The van der Waals surface area contributed by atoms with Crippen LogP contribution in [0.25, 0.3) is 0 Å². The lowest BCUT2D eigenvalue weighted by Gasteiger charge is -2.30. The lowest BCUT2D eigenvalue weighted by atomic mass is 9.83. The maximum Gasteiger partial charge on any atom is 0.416 e. The second kappa shape index (κ2) is 11.0. The van der Waals surface area contributed by atoms with Crippen molar-refractivity contribution in [3.05, 3.63) is 103 Å². The molecular formula is C29H19BrF3N3O5S2. The summed E-state index contributed by atoms with van der Waals surface area (Å²) >= 11 is 5.20. The number of alkyl halides is 3. The molecule has 0 radical (unpaired) electrons. The molecule has 0 aliphatic carbocycles. The molecule has 0 bridgehead atoms. The van der Waals surface area contributed by atoms with E-state index in [1.165, 1.54) is 22.8 Å². The molecule has 3 amide bonds. The van der Waals surface area contributed by atoms with E-state index in [9.17, 15) is 37.5 Å². The third-order valence-electron chi connectivity index (χ3n) is 7.16. The van der Waals surface area contributed by atoms with Gasteiger partial charge in [-0.25, -0.2) is 4.90 Å². The number of carbonyl (C=O) groups excluding carboxylic acids is 3. The minimum atomic E-state index is -4.60. The quantitative estimate of drug-likeness (QED) is 0.255. The molecule has 3 atom stereocenters. The van der Waals surface area contributed by atoms with E-state index < -0.39 is 58.0 Å². The lowest BCUT2D eigenvalue weighted by Crippen LogP contribution is -2.33. The molecule has 0 saturated carbocycles. The number of aromatic nitrogens is 1. The number of benzene rings is 3. The van der Waals surface area contributed by atoms with Crippen LogP contribution in [0.4, 0.5) is 24.5 Å². The SMILES string of the molecule is O=C(Cn1c2c(sc1=O)[C@@H](c1ccc(O)cc1)[C@H]1C(=O)N(c3ccc(Br)cc3)C(=O)[C@H]1S2)Nc1cccc(C(F)(F)F)c1. The molecule has 0 spiro atoms. The maximum absolute atomic E-state index is 13.9. The van der Waals surface area contributed by atoms with E-state index in [2.05, 4.69) is 21.2 Å². The highest BCUT2D eigenvalue weighted by molar-refractivity contribution is 9.10. The van der Waals surface area contributed by atoms with Crippen molar-refractivity contribution in [1.29, 1.82) is 0 Å². The van der Waals surface area contributed by atoms with Crippen molar-refractivity contribution in [2.45, 2.75) is 28.9 Å². The summed E-state index contributed by atoms with van der Waals surface area (Å²) in [5, 5.41) is 11.7. The topological polar surface area (TPSA) is 109 Å². The summed E-state index contributed by atoms with van der Waals surface area (Å²) < 4.78 is 41.4. The van der Waals surface area contributed by atoms with Crippen LogP contribution in [0.2, 0.25) is 0 Å². The number of phenolic OH excluding ortho intramolecular Hbond substituents is 1. The Labute approximate surface area is 258 Å². The van der Waals surface area contributed by atoms with E-state index in [4.69, 9.17) is 0 Å². The Morgan fingerprint density at radius 3 is 2.35 bits per heavy atom. The molecule has 220 valence electrons. The minimum absolute atomic E-state index is 0.00644. The number of imide groups is 1. The number of thioether (sulfide) groups is 1. The monoisotopic (exact) mass is 689 g/mol. The second-order valence-corrected chi connectivity index (χ2v) is 12.9. The summed E-state index contributed by atoms with van der Waals surface area (Å²) in [6, 6.07) is 17.0. The van der Waals surface area contributed by atoms with Gasteiger partial charge in [0.1, 0.15) is 17.5 Å². The summed E-state index contributed by atoms with van der Waals surface area (Å²) in [7, 11) is 0. The van der Waals surface area contributed by atoms with E-state index in [1.54, 1.807) is 36.4 Å². The van der Waals surface area contributed by atoms with Crippen LogP contribution in [0.15, 0.2) is 87.1 Å². The number of fused-ring (bicyclic) bond motifs is 2. The molecule has 14 heteroatoms. The van der Waals surface area contributed by atoms with E-state index in [0.29, 0.717) is 21.2 Å². The standard InChI is InChI=1S/C29H19BrF3N3O5S2/c30-16-6-8-18(9-7-16)36-25(39)22-21(14-4-10-19(37)11-5-14)24-27(42-23(22)26(36)40)35(28(41)43-24)13-20(38)34-17-3-1-2-15(12-17)29(31,32)33/h1-12,21-23,37H,13H2,(H,34,38)/t21-,22+,23-/m0/s1. The molecule has 8 nitrogen and oxygen atoms in total. The van der Waals surface area contributed by atoms with Crippen LogP contribution >= 0.6 is 39.0 Å². The van der Waals surface area contributed by atoms with E-state index in [1.807, 2.05) is 0 Å². The van der Waals surface area contributed by atoms with Gasteiger partial charge in [0.05, 0.1) is 22.2 Å². The van der Waals surface area contributed by atoms with Gasteiger partial charge in [0, 0.05) is 21.0 Å². The second-order valence-electron chi connectivity index (χ2n) is 9.87. The van der Waals surface area contributed by atoms with Crippen molar-refractivity contribution in [1.82, 2.24) is 4.57 Å². The third kappa shape index (κ3) is 5.38. The smallest absolute Gasteiger partial charge is 0.416 e. The van der Waals surface area contributed by atoms with Crippen LogP contribution < -0.4 is 15.1 Å². The summed E-state index contributed by atoms with van der Waals surface area (Å²) in [4.78, 5) is 54.9. The van der Waals surface area contributed by atoms with Crippen molar-refractivity contribution in [2.75, 3.05) is 10.2 Å². The highest BCUT2D eigenvalue weighted by atomic mass is 79.9. The van der Waals surface area contributed by atoms with Gasteiger partial charge in [-0.15, -0.1) is 0 Å². The predicted molar refractivity (Wildman–Crippen MR) is 158 cm³/mol. The molecule has 43 heavy (non-hydrogen) atoms. The first kappa shape index (κ1) is 29.2. The summed E-state index contributed by atoms with van der Waals surface area (Å²) in [6.45, 7) is -0.522. The number of amides is 3. The van der Waals surface area contributed by atoms with Gasteiger partial charge in [-0.3, -0.25) is 23.7 Å². The highest BCUT2D eigenvalue weighted by Crippen LogP contribution is 2.54. The zero-order valence-electron chi connectivity index (χ0n) is 21.7. The normalized spacial score (nSPS) is 19.7. The molecule has 0 unspecified atom stereocenters. The Morgan fingerprint density at radius 1 is 0.977 bits per heavy atom. The Bertz CT molecular complexity index is 1820. The predicted octanol–water partition coefficient (Wildman–Crippen LogP) is 5.83. The van der Waals surface area contributed by atoms with Gasteiger partial charge in [-0.05, 0) is 60.2 Å². The fourth-order valence-electron chi connectivity index (χ4n) is 5.26. The van der Waals surface area contributed by atoms with Crippen LogP contribution in [0, 0.1) is 5.92 Å². The number of thiazole rings is 1. The first-order valence-corrected chi connectivity index (χ1v) is 15.2. The average molecular weight is 691 g/mol. The molecule has 3 heterocycles. The first-order valence-electron chi connectivity index (χ1n) is 12.7. The molecule has 2 N–H and O–H groups in total. The van der Waals surface area contributed by atoms with Gasteiger partial charge in [0.15, 0.2) is 0 Å². The van der Waals surface area contributed by atoms with Crippen molar-refractivity contribution in [3.63, 3.8) is 0 Å². The van der Waals surface area contributed by atoms with Gasteiger partial charge in [0.2, 0.25) is 17.7 Å². The Balaban J connectivity index is 1.37. The first-order chi connectivity index (χ1) is 20.4. The number of phenols is 1. The third-order valence-corrected chi connectivity index (χ3v) is 10.3. The van der Waals surface area contributed by atoms with Crippen LogP contribution in [0.3, 0.4) is 0 Å². The molecule has 3 aromatic carbocycles. The summed E-state index contributed by atoms with van der Waals surface area (Å²) in [6.07, 6.45) is -4.60. The Kier molecular flexibility index (Phi) is 7.47. The molecule has 2 aliphatic rings. The van der Waals surface area contributed by atoms with Gasteiger partial charge < -0.3 is 10.4 Å². The van der Waals surface area contributed by atoms with Crippen LogP contribution in [0.1, 0.15) is 21.9 Å². The fraction of sp³-hybridized carbons (Fsp3) is 0.172. The largest absolute Gasteiger partial charge is 0.508 e. The number of anilines is 2. The fourth-order valence-corrected chi connectivity index (χ4v) is 8.30. The molecule has 4 aromatic rings. The Morgan fingerprint density at radius 2 is 1.67 bits per heavy atom. The molecule has 1 fully saturated rings. The molecule has 1 aromatic heterocycles. The lowest BCUT2D eigenvalue weighted by molar-refractivity contribution is -0.137. The molecule has 6 rings (SSSR count). The van der Waals surface area contributed by atoms with Gasteiger partial charge in [-0.2, -0.15) is 13.2 Å². The van der Waals surface area contributed by atoms with Crippen LogP contribution in [-0.2, 0) is 27.1 Å². The van der Waals surface area contributed by atoms with Crippen LogP contribution in [-0.4, -0.2) is 32.6 Å². The number of hydrogen-bond donors (Lipinski definition) is 2. The minimum Gasteiger partial charge on any atom is -0.508 e. The van der Waals surface area contributed by atoms with Crippen LogP contribution in [0.5, 0.6) is 5.75 Å². The van der Waals surface area contributed by atoms with E-state index in [0.717, 1.165) is 50.7 Å². The zero-order valence-corrected chi connectivity index (χ0v) is 24.9. The number of nitrogens with zero attached hydrogens (tertiary/aromatic N) is 2. The maximum atomic E-state index is 13.9. The average Bonchev–Trinajstić information content (AvgIpc) is 3.40. The summed E-state index contributed by atoms with van der Waals surface area (Å²) in [5.74, 6) is -3.27. The van der Waals surface area contributed by atoms with Gasteiger partial charge in [0.25, 0.3) is 0 Å². The van der Waals surface area contributed by atoms with Crippen molar-refractivity contribution < 1.29 is 32.7 Å². The highest BCUT2D eigenvalue weighted by Gasteiger charge is 2.56. The van der Waals surface area contributed by atoms with E-state index >= 15 is 0 Å². The zero-order chi connectivity index (χ0) is 30.6. The molecule has 2 aliphatic heterocycles. The van der Waals surface area contributed by atoms with Gasteiger partial charge >= 0.3 is 11.0 Å². The van der Waals surface area contributed by atoms with Crippen molar-refractivity contribution in [2.24, 2.45) is 5.92 Å². The number of halogens is 4. The summed E-state index contributed by atoms with van der Waals surface area (Å²) in [5.41, 5.74) is -0.0457. The number of aromatic hydroxyl groups is 1. The van der Waals surface area contributed by atoms with Gasteiger partial charge in [-0.1, -0.05) is 57.2 Å². The number of rotatable bonds is 5. The van der Waals surface area contributed by atoms with Crippen molar-refractivity contribution >= 4 is 68.1 Å². The number of nitrogens with one attached hydrogen (secondary N) is 1. The van der Waals surface area contributed by atoms with Crippen molar-refractivity contribution in [3.8, 4) is 5.75 Å². The Hall–Kier alpha value is -3.88. The number of hydrogen-bond acceptors (Lipinski definition) is 7.